The summed E-state index contributed by atoms with van der Waals surface area (Å²) in [6, 6.07) is 22.5. The van der Waals surface area contributed by atoms with E-state index in [1.807, 2.05) is 78.9 Å². The summed E-state index contributed by atoms with van der Waals surface area (Å²) < 4.78 is 21.1. The van der Waals surface area contributed by atoms with Gasteiger partial charge in [0.25, 0.3) is 0 Å². The topological polar surface area (TPSA) is 103 Å². The number of hydrogen-bond acceptors (Lipinski definition) is 7. The quantitative estimate of drug-likeness (QED) is 0.309. The molecule has 2 atom stereocenters. The van der Waals surface area contributed by atoms with E-state index in [1.165, 1.54) is 12.0 Å². The Morgan fingerprint density at radius 3 is 2.17 bits per heavy atom. The van der Waals surface area contributed by atoms with Gasteiger partial charge in [-0.15, -0.1) is 0 Å². The number of esters is 1. The molecule has 3 aromatic carbocycles. The average Bonchev–Trinajstić information content (AvgIpc) is 3.00. The van der Waals surface area contributed by atoms with E-state index in [4.69, 9.17) is 18.8 Å². The Balaban J connectivity index is 1.50. The van der Waals surface area contributed by atoms with Crippen molar-refractivity contribution in [3.63, 3.8) is 0 Å². The highest BCUT2D eigenvalue weighted by atomic mass is 16.6. The molecule has 0 aromatic heterocycles. The fourth-order valence-corrected chi connectivity index (χ4v) is 4.77. The maximum Gasteiger partial charge on any atom is 0.493 e. The van der Waals surface area contributed by atoms with E-state index in [2.05, 4.69) is 5.32 Å². The molecule has 0 spiro atoms. The van der Waals surface area contributed by atoms with E-state index in [-0.39, 0.29) is 19.6 Å². The van der Waals surface area contributed by atoms with Crippen molar-refractivity contribution in [2.75, 3.05) is 21.3 Å². The van der Waals surface area contributed by atoms with E-state index in [1.54, 1.807) is 14.2 Å². The number of ether oxygens (including phenoxy) is 2. The van der Waals surface area contributed by atoms with Crippen LogP contribution in [0.15, 0.2) is 78.9 Å². The van der Waals surface area contributed by atoms with E-state index >= 15 is 0 Å². The molecule has 0 aliphatic carbocycles. The molecule has 0 fully saturated rings. The number of nitrogens with one attached hydrogen (secondary N) is 1. The molecule has 1 aliphatic heterocycles. The number of methoxy groups -OCH3 is 1. The summed E-state index contributed by atoms with van der Waals surface area (Å²) in [7, 11) is 3.87. The molecule has 208 valence electrons. The molecule has 10 heteroatoms. The van der Waals surface area contributed by atoms with Crippen LogP contribution in [0, 0.1) is 0 Å². The highest BCUT2D eigenvalue weighted by molar-refractivity contribution is 6.61. The van der Waals surface area contributed by atoms with Gasteiger partial charge >= 0.3 is 19.2 Å². The van der Waals surface area contributed by atoms with Crippen molar-refractivity contribution in [2.24, 2.45) is 0 Å². The molecule has 0 bridgehead atoms. The van der Waals surface area contributed by atoms with Gasteiger partial charge in [0.15, 0.2) is 0 Å². The summed E-state index contributed by atoms with van der Waals surface area (Å²) in [6.45, 7) is 0.298. The second-order valence-electron chi connectivity index (χ2n) is 9.49. The van der Waals surface area contributed by atoms with E-state index in [0.29, 0.717) is 6.42 Å². The Morgan fingerprint density at radius 2 is 1.52 bits per heavy atom. The van der Waals surface area contributed by atoms with Crippen molar-refractivity contribution < 1.29 is 33.2 Å². The number of carbonyl (C=O) groups excluding carboxylic acids is 3. The fraction of sp³-hybridized carbons (Fsp3) is 0.300. The van der Waals surface area contributed by atoms with Crippen LogP contribution in [0.1, 0.15) is 22.3 Å². The van der Waals surface area contributed by atoms with Gasteiger partial charge in [0.1, 0.15) is 18.7 Å². The second kappa shape index (κ2) is 13.8. The van der Waals surface area contributed by atoms with E-state index in [0.717, 1.165) is 27.7 Å². The van der Waals surface area contributed by atoms with Crippen molar-refractivity contribution in [1.82, 2.24) is 10.2 Å². The van der Waals surface area contributed by atoms with Crippen molar-refractivity contribution in [1.29, 1.82) is 0 Å². The van der Waals surface area contributed by atoms with Crippen LogP contribution >= 0.6 is 0 Å². The first-order chi connectivity index (χ1) is 19.4. The molecular weight excluding hydrogens is 511 g/mol. The highest BCUT2D eigenvalue weighted by Gasteiger charge is 2.37. The van der Waals surface area contributed by atoms with Crippen molar-refractivity contribution >= 4 is 30.6 Å². The van der Waals surface area contributed by atoms with Gasteiger partial charge in [-0.1, -0.05) is 78.9 Å². The lowest BCUT2D eigenvalue weighted by atomic mass is 9.78. The van der Waals surface area contributed by atoms with Gasteiger partial charge < -0.3 is 24.1 Å². The molecule has 4 rings (SSSR count). The summed E-state index contributed by atoms with van der Waals surface area (Å²) in [5, 5.41) is 2.82. The minimum Gasteiger partial charge on any atom is -0.467 e. The van der Waals surface area contributed by atoms with Gasteiger partial charge in [-0.05, 0) is 27.7 Å². The third kappa shape index (κ3) is 7.08. The third-order valence-electron chi connectivity index (χ3n) is 6.91. The highest BCUT2D eigenvalue weighted by Crippen LogP contribution is 2.25. The SMILES string of the molecule is COB(OC)c1ccc(C[C@H](NC(=O)[C@@H]2Cc3ccccc3CN2C(=O)OCc2ccccc2)C(=O)OC)cc1. The van der Waals surface area contributed by atoms with Crippen molar-refractivity contribution in [3.05, 3.63) is 101 Å². The zero-order chi connectivity index (χ0) is 28.5. The molecule has 0 unspecified atom stereocenters. The van der Waals surface area contributed by atoms with E-state index < -0.39 is 37.2 Å². The number of amides is 2. The zero-order valence-electron chi connectivity index (χ0n) is 22.9. The largest absolute Gasteiger partial charge is 0.493 e. The molecule has 3 aromatic rings. The molecule has 0 saturated heterocycles. The van der Waals surface area contributed by atoms with Gasteiger partial charge in [0, 0.05) is 27.1 Å². The summed E-state index contributed by atoms with van der Waals surface area (Å²) in [5.41, 5.74) is 4.37. The minimum absolute atomic E-state index is 0.0833. The Hall–Kier alpha value is -4.15. The lowest BCUT2D eigenvalue weighted by molar-refractivity contribution is -0.145. The molecule has 0 saturated carbocycles. The molecule has 1 aliphatic rings. The second-order valence-corrected chi connectivity index (χ2v) is 9.49. The van der Waals surface area contributed by atoms with Gasteiger partial charge in [-0.25, -0.2) is 9.59 Å². The third-order valence-corrected chi connectivity index (χ3v) is 6.91. The van der Waals surface area contributed by atoms with Gasteiger partial charge in [-0.3, -0.25) is 9.69 Å². The van der Waals surface area contributed by atoms with E-state index in [9.17, 15) is 14.4 Å². The molecule has 2 amide bonds. The lowest BCUT2D eigenvalue weighted by Gasteiger charge is -2.35. The molecule has 0 radical (unpaired) electrons. The summed E-state index contributed by atoms with van der Waals surface area (Å²) in [6.07, 6.45) is -0.111. The van der Waals surface area contributed by atoms with Crippen LogP contribution in [0.4, 0.5) is 4.79 Å². The Kier molecular flexibility index (Phi) is 9.94. The average molecular weight is 544 g/mol. The lowest BCUT2D eigenvalue weighted by Crippen LogP contribution is -2.56. The summed E-state index contributed by atoms with van der Waals surface area (Å²) in [4.78, 5) is 41.0. The number of benzene rings is 3. The normalized spacial score (nSPS) is 15.0. The molecule has 40 heavy (non-hydrogen) atoms. The Morgan fingerprint density at radius 1 is 0.875 bits per heavy atom. The first-order valence-corrected chi connectivity index (χ1v) is 13.0. The Bertz CT molecular complexity index is 1300. The van der Waals surface area contributed by atoms with Crippen molar-refractivity contribution in [2.45, 2.75) is 38.1 Å². The summed E-state index contributed by atoms with van der Waals surface area (Å²) in [5.74, 6) is -1.05. The molecule has 1 N–H and O–H groups in total. The van der Waals surface area contributed by atoms with Crippen LogP contribution in [0.2, 0.25) is 0 Å². The number of fused-ring (bicyclic) bond motifs is 1. The standard InChI is InChI=1S/C30H33BN2O7/c1-37-29(35)26(17-21-13-15-25(16-14-21)31(38-2)39-3)32-28(34)27-18-23-11-7-8-12-24(23)19-33(27)30(36)40-20-22-9-5-4-6-10-22/h4-16,26-27H,17-20H2,1-3H3,(H,32,34)/t26-,27-/m0/s1. The van der Waals surface area contributed by atoms with Gasteiger partial charge in [0.2, 0.25) is 5.91 Å². The monoisotopic (exact) mass is 544 g/mol. The predicted molar refractivity (Wildman–Crippen MR) is 150 cm³/mol. The number of hydrogen-bond donors (Lipinski definition) is 1. The molecule has 9 nitrogen and oxygen atoms in total. The minimum atomic E-state index is -0.955. The zero-order valence-corrected chi connectivity index (χ0v) is 22.9. The van der Waals surface area contributed by atoms with Gasteiger partial charge in [0.05, 0.1) is 13.7 Å². The fourth-order valence-electron chi connectivity index (χ4n) is 4.77. The van der Waals surface area contributed by atoms with Crippen LogP contribution in [0.25, 0.3) is 0 Å². The number of rotatable bonds is 10. The first kappa shape index (κ1) is 28.9. The first-order valence-electron chi connectivity index (χ1n) is 13.0. The molecular formula is C30H33BN2O7. The maximum atomic E-state index is 13.6. The van der Waals surface area contributed by atoms with Crippen molar-refractivity contribution in [3.8, 4) is 0 Å². The number of carbonyl (C=O) groups is 3. The smallest absolute Gasteiger partial charge is 0.467 e. The summed E-state index contributed by atoms with van der Waals surface area (Å²) >= 11 is 0. The molecule has 1 heterocycles. The van der Waals surface area contributed by atoms with Crippen LogP contribution in [0.5, 0.6) is 0 Å². The maximum absolute atomic E-state index is 13.6. The van der Waals surface area contributed by atoms with Crippen LogP contribution in [-0.2, 0) is 54.4 Å². The Labute approximate surface area is 234 Å². The van der Waals surface area contributed by atoms with Crippen LogP contribution in [-0.4, -0.2) is 63.4 Å². The van der Waals surface area contributed by atoms with Crippen LogP contribution in [0.3, 0.4) is 0 Å². The van der Waals surface area contributed by atoms with Gasteiger partial charge in [-0.2, -0.15) is 0 Å². The van der Waals surface area contributed by atoms with Crippen LogP contribution < -0.4 is 10.8 Å². The predicted octanol–water partition coefficient (Wildman–Crippen LogP) is 2.64. The number of nitrogens with zero attached hydrogens (tertiary/aromatic N) is 1.